The Morgan fingerprint density at radius 3 is 2.17 bits per heavy atom. The second-order valence-corrected chi connectivity index (χ2v) is 9.52. The smallest absolute Gasteiger partial charge is 0.264 e. The number of hydrogen-bond acceptors (Lipinski definition) is 9. The summed E-state index contributed by atoms with van der Waals surface area (Å²) in [4.78, 5) is 0. The lowest BCUT2D eigenvalue weighted by molar-refractivity contribution is -0.188. The van der Waals surface area contributed by atoms with Gasteiger partial charge >= 0.3 is 0 Å². The van der Waals surface area contributed by atoms with E-state index < -0.39 is 62.6 Å². The Hall–Kier alpha value is -0.0100. The molecule has 0 aromatic rings. The molecule has 2 heterocycles. The van der Waals surface area contributed by atoms with Gasteiger partial charge in [-0.1, -0.05) is 11.6 Å². The summed E-state index contributed by atoms with van der Waals surface area (Å²) in [6, 6.07) is 0. The Morgan fingerprint density at radius 2 is 1.65 bits per heavy atom. The molecule has 2 rings (SSSR count). The maximum atomic E-state index is 11.4. The number of alkyl halides is 1. The van der Waals surface area contributed by atoms with Crippen LogP contribution >= 0.6 is 11.6 Å². The molecule has 2 saturated heterocycles. The number of halogens is 1. The zero-order valence-corrected chi connectivity index (χ0v) is 15.4. The summed E-state index contributed by atoms with van der Waals surface area (Å²) in [6.45, 7) is 2.78. The Labute approximate surface area is 140 Å². The van der Waals surface area contributed by atoms with Gasteiger partial charge in [-0.05, 0) is 13.8 Å². The Morgan fingerprint density at radius 1 is 1.09 bits per heavy atom. The van der Waals surface area contributed by atoms with E-state index in [0.29, 0.717) is 0 Å². The summed E-state index contributed by atoms with van der Waals surface area (Å²) in [7, 11) is -7.70. The fourth-order valence-electron chi connectivity index (χ4n) is 2.47. The van der Waals surface area contributed by atoms with E-state index in [2.05, 4.69) is 4.18 Å². The van der Waals surface area contributed by atoms with E-state index in [1.807, 2.05) is 0 Å². The third-order valence-electron chi connectivity index (χ3n) is 3.14. The third kappa shape index (κ3) is 5.23. The standard InChI is InChI=1S/C11H19ClO9S2/c1-11(2)19-8-7(18-10(12)9(8)20-11)6(21-23(4,15)16)5-17-22(3,13)14/h6-10H,5H2,1-4H3/t6-,7-,8+,9+,10+/m1/s1. The van der Waals surface area contributed by atoms with Gasteiger partial charge in [-0.15, -0.1) is 0 Å². The highest BCUT2D eigenvalue weighted by atomic mass is 35.5. The molecule has 0 aromatic heterocycles. The van der Waals surface area contributed by atoms with Crippen molar-refractivity contribution in [2.75, 3.05) is 19.1 Å². The first-order chi connectivity index (χ1) is 10.3. The molecule has 23 heavy (non-hydrogen) atoms. The number of rotatable bonds is 6. The van der Waals surface area contributed by atoms with Crippen molar-refractivity contribution in [3.05, 3.63) is 0 Å². The van der Waals surface area contributed by atoms with Gasteiger partial charge in [-0.25, -0.2) is 0 Å². The van der Waals surface area contributed by atoms with Crippen molar-refractivity contribution in [3.8, 4) is 0 Å². The lowest BCUT2D eigenvalue weighted by Gasteiger charge is -2.27. The molecule has 0 radical (unpaired) electrons. The van der Waals surface area contributed by atoms with Crippen LogP contribution in [0, 0.1) is 0 Å². The largest absolute Gasteiger partial charge is 0.351 e. The van der Waals surface area contributed by atoms with Gasteiger partial charge in [-0.2, -0.15) is 16.8 Å². The summed E-state index contributed by atoms with van der Waals surface area (Å²) in [5.74, 6) is -0.933. The van der Waals surface area contributed by atoms with Crippen molar-refractivity contribution in [2.24, 2.45) is 0 Å². The molecule has 0 spiro atoms. The Bertz CT molecular complexity index is 644. The fourth-order valence-corrected chi connectivity index (χ4v) is 3.78. The monoisotopic (exact) mass is 394 g/mol. The molecule has 0 aromatic carbocycles. The van der Waals surface area contributed by atoms with Gasteiger partial charge < -0.3 is 14.2 Å². The van der Waals surface area contributed by atoms with Crippen molar-refractivity contribution in [1.29, 1.82) is 0 Å². The van der Waals surface area contributed by atoms with Crippen LogP contribution in [0.15, 0.2) is 0 Å². The number of fused-ring (bicyclic) bond motifs is 1. The van der Waals surface area contributed by atoms with Crippen LogP contribution in [-0.2, 0) is 42.8 Å². The average Bonchev–Trinajstić information content (AvgIpc) is 2.78. The molecule has 2 fully saturated rings. The SMILES string of the molecule is CC1(C)O[C@@H]2[C@H](O1)[C@@H](Cl)O[C@@H]2[C@@H](COS(C)(=O)=O)OS(C)(=O)=O. The molecular formula is C11H19ClO9S2. The molecule has 0 N–H and O–H groups in total. The zero-order chi connectivity index (χ0) is 17.6. The summed E-state index contributed by atoms with van der Waals surface area (Å²) < 4.78 is 71.5. The van der Waals surface area contributed by atoms with Crippen molar-refractivity contribution in [1.82, 2.24) is 0 Å². The second-order valence-electron chi connectivity index (χ2n) is 5.84. The van der Waals surface area contributed by atoms with Crippen LogP contribution in [0.1, 0.15) is 13.8 Å². The molecule has 5 atom stereocenters. The van der Waals surface area contributed by atoms with Crippen LogP contribution in [0.3, 0.4) is 0 Å². The van der Waals surface area contributed by atoms with Gasteiger partial charge in [0.25, 0.3) is 20.2 Å². The third-order valence-corrected chi connectivity index (χ3v) is 4.66. The quantitative estimate of drug-likeness (QED) is 0.445. The van der Waals surface area contributed by atoms with Crippen LogP contribution in [-0.4, -0.2) is 71.7 Å². The summed E-state index contributed by atoms with van der Waals surface area (Å²) >= 11 is 6.05. The van der Waals surface area contributed by atoms with Crippen LogP contribution in [0.4, 0.5) is 0 Å². The molecule has 2 aliphatic rings. The predicted octanol–water partition coefficient (Wildman–Crippen LogP) is -0.209. The minimum Gasteiger partial charge on any atom is -0.351 e. The summed E-state index contributed by atoms with van der Waals surface area (Å²) in [5, 5.41) is 0. The first-order valence-corrected chi connectivity index (χ1v) is 10.7. The first kappa shape index (κ1) is 19.3. The van der Waals surface area contributed by atoms with Crippen molar-refractivity contribution in [3.63, 3.8) is 0 Å². The molecule has 0 bridgehead atoms. The van der Waals surface area contributed by atoms with Gasteiger partial charge in [0.15, 0.2) is 11.4 Å². The molecule has 0 saturated carbocycles. The average molecular weight is 395 g/mol. The summed E-state index contributed by atoms with van der Waals surface area (Å²) in [6.07, 6.45) is -1.91. The lowest BCUT2D eigenvalue weighted by atomic mass is 10.1. The van der Waals surface area contributed by atoms with Crippen molar-refractivity contribution < 1.29 is 39.4 Å². The Balaban J connectivity index is 2.21. The fraction of sp³-hybridized carbons (Fsp3) is 1.00. The second kappa shape index (κ2) is 6.37. The maximum absolute atomic E-state index is 11.4. The topological polar surface area (TPSA) is 114 Å². The van der Waals surface area contributed by atoms with E-state index in [1.165, 1.54) is 0 Å². The molecule has 9 nitrogen and oxygen atoms in total. The lowest BCUT2D eigenvalue weighted by Crippen LogP contribution is -2.43. The van der Waals surface area contributed by atoms with E-state index >= 15 is 0 Å². The van der Waals surface area contributed by atoms with Crippen LogP contribution in [0.25, 0.3) is 0 Å². The van der Waals surface area contributed by atoms with E-state index in [-0.39, 0.29) is 0 Å². The normalized spacial score (nSPS) is 35.2. The van der Waals surface area contributed by atoms with Crippen LogP contribution in [0.2, 0.25) is 0 Å². The molecule has 136 valence electrons. The van der Waals surface area contributed by atoms with E-state index in [0.717, 1.165) is 12.5 Å². The highest BCUT2D eigenvalue weighted by Crippen LogP contribution is 2.41. The molecular weight excluding hydrogens is 376 g/mol. The number of hydrogen-bond donors (Lipinski definition) is 0. The number of ether oxygens (including phenoxy) is 3. The molecule has 0 aliphatic carbocycles. The van der Waals surface area contributed by atoms with Gasteiger partial charge in [0.1, 0.15) is 24.4 Å². The molecule has 2 aliphatic heterocycles. The Kier molecular flexibility index (Phi) is 5.35. The highest BCUT2D eigenvalue weighted by Gasteiger charge is 2.57. The van der Waals surface area contributed by atoms with Crippen molar-refractivity contribution >= 4 is 31.8 Å². The predicted molar refractivity (Wildman–Crippen MR) is 78.9 cm³/mol. The molecule has 0 unspecified atom stereocenters. The molecule has 0 amide bonds. The van der Waals surface area contributed by atoms with Gasteiger partial charge in [0.05, 0.1) is 19.1 Å². The van der Waals surface area contributed by atoms with E-state index in [9.17, 15) is 16.8 Å². The van der Waals surface area contributed by atoms with Crippen molar-refractivity contribution in [2.45, 2.75) is 49.6 Å². The maximum Gasteiger partial charge on any atom is 0.264 e. The van der Waals surface area contributed by atoms with Crippen LogP contribution < -0.4 is 0 Å². The zero-order valence-electron chi connectivity index (χ0n) is 13.0. The van der Waals surface area contributed by atoms with Gasteiger partial charge in [-0.3, -0.25) is 8.37 Å². The van der Waals surface area contributed by atoms with Gasteiger partial charge in [0, 0.05) is 0 Å². The highest BCUT2D eigenvalue weighted by molar-refractivity contribution is 7.86. The minimum absolute atomic E-state index is 0.562. The summed E-state index contributed by atoms with van der Waals surface area (Å²) in [5.41, 5.74) is -0.893. The van der Waals surface area contributed by atoms with Gasteiger partial charge in [0.2, 0.25) is 0 Å². The minimum atomic E-state index is -3.90. The van der Waals surface area contributed by atoms with E-state index in [4.69, 9.17) is 30.0 Å². The first-order valence-electron chi connectivity index (χ1n) is 6.65. The van der Waals surface area contributed by atoms with Crippen LogP contribution in [0.5, 0.6) is 0 Å². The van der Waals surface area contributed by atoms with E-state index in [1.54, 1.807) is 13.8 Å². The molecule has 12 heteroatoms.